The summed E-state index contributed by atoms with van der Waals surface area (Å²) in [6.45, 7) is 9.60. The second kappa shape index (κ2) is 5.02. The van der Waals surface area contributed by atoms with Crippen molar-refractivity contribution in [1.82, 2.24) is 14.5 Å². The van der Waals surface area contributed by atoms with Crippen LogP contribution in [0.5, 0.6) is 0 Å². The van der Waals surface area contributed by atoms with Crippen LogP contribution >= 0.6 is 0 Å². The first kappa shape index (κ1) is 13.6. The molecule has 4 nitrogen and oxygen atoms in total. The van der Waals surface area contributed by atoms with Crippen LogP contribution in [0, 0.1) is 19.3 Å². The Bertz CT molecular complexity index is 427. The molecule has 1 aliphatic rings. The minimum absolute atomic E-state index is 0.0630. The van der Waals surface area contributed by atoms with Gasteiger partial charge < -0.3 is 9.67 Å². The van der Waals surface area contributed by atoms with Crippen LogP contribution in [-0.4, -0.2) is 39.3 Å². The third-order valence-corrected chi connectivity index (χ3v) is 4.32. The summed E-state index contributed by atoms with van der Waals surface area (Å²) in [4.78, 5) is 7.05. The molecule has 18 heavy (non-hydrogen) atoms. The SMILES string of the molecule is Cc1nc(CN2CCC[C@](C)(CO)C2)n(C)c1C. The summed E-state index contributed by atoms with van der Waals surface area (Å²) in [6.07, 6.45) is 2.29. The van der Waals surface area contributed by atoms with Crippen molar-refractivity contribution in [2.45, 2.75) is 40.2 Å². The van der Waals surface area contributed by atoms with E-state index in [4.69, 9.17) is 0 Å². The summed E-state index contributed by atoms with van der Waals surface area (Å²) in [5.41, 5.74) is 2.43. The molecule has 2 heterocycles. The highest BCUT2D eigenvalue weighted by Gasteiger charge is 2.30. The molecule has 102 valence electrons. The lowest BCUT2D eigenvalue weighted by Crippen LogP contribution is -2.43. The molecule has 4 heteroatoms. The fraction of sp³-hybridized carbons (Fsp3) is 0.786. The lowest BCUT2D eigenvalue weighted by molar-refractivity contribution is 0.0413. The van der Waals surface area contributed by atoms with Crippen LogP contribution in [0.2, 0.25) is 0 Å². The van der Waals surface area contributed by atoms with Crippen LogP contribution in [0.25, 0.3) is 0 Å². The number of likely N-dealkylation sites (tertiary alicyclic amines) is 1. The highest BCUT2D eigenvalue weighted by atomic mass is 16.3. The van der Waals surface area contributed by atoms with E-state index >= 15 is 0 Å². The van der Waals surface area contributed by atoms with Crippen LogP contribution in [0.4, 0.5) is 0 Å². The van der Waals surface area contributed by atoms with Crippen molar-refractivity contribution in [3.8, 4) is 0 Å². The first-order valence-corrected chi connectivity index (χ1v) is 6.77. The van der Waals surface area contributed by atoms with E-state index in [2.05, 4.69) is 42.3 Å². The smallest absolute Gasteiger partial charge is 0.123 e. The molecule has 1 aliphatic heterocycles. The van der Waals surface area contributed by atoms with Gasteiger partial charge in [0.1, 0.15) is 5.82 Å². The molecule has 0 unspecified atom stereocenters. The van der Waals surface area contributed by atoms with E-state index in [1.54, 1.807) is 0 Å². The number of hydrogen-bond donors (Lipinski definition) is 1. The van der Waals surface area contributed by atoms with Gasteiger partial charge in [0, 0.05) is 31.3 Å². The first-order chi connectivity index (χ1) is 8.45. The van der Waals surface area contributed by atoms with E-state index in [0.29, 0.717) is 0 Å². The van der Waals surface area contributed by atoms with Crippen molar-refractivity contribution in [3.05, 3.63) is 17.2 Å². The number of aliphatic hydroxyl groups is 1. The Morgan fingerprint density at radius 1 is 1.39 bits per heavy atom. The second-order valence-corrected chi connectivity index (χ2v) is 6.04. The summed E-state index contributed by atoms with van der Waals surface area (Å²) in [6, 6.07) is 0. The van der Waals surface area contributed by atoms with E-state index < -0.39 is 0 Å². The maximum atomic E-state index is 9.49. The van der Waals surface area contributed by atoms with E-state index in [-0.39, 0.29) is 12.0 Å². The minimum Gasteiger partial charge on any atom is -0.396 e. The molecule has 1 aromatic heterocycles. The molecule has 0 amide bonds. The lowest BCUT2D eigenvalue weighted by atomic mass is 9.83. The van der Waals surface area contributed by atoms with Crippen molar-refractivity contribution >= 4 is 0 Å². The Kier molecular flexibility index (Phi) is 3.78. The number of imidazole rings is 1. The first-order valence-electron chi connectivity index (χ1n) is 6.77. The van der Waals surface area contributed by atoms with Gasteiger partial charge in [-0.15, -0.1) is 0 Å². The van der Waals surface area contributed by atoms with Crippen LogP contribution in [0.15, 0.2) is 0 Å². The molecule has 0 aromatic carbocycles. The maximum Gasteiger partial charge on any atom is 0.123 e. The van der Waals surface area contributed by atoms with Gasteiger partial charge in [-0.05, 0) is 33.2 Å². The Labute approximate surface area is 110 Å². The van der Waals surface area contributed by atoms with Gasteiger partial charge in [0.2, 0.25) is 0 Å². The monoisotopic (exact) mass is 251 g/mol. The summed E-state index contributed by atoms with van der Waals surface area (Å²) >= 11 is 0. The van der Waals surface area contributed by atoms with Gasteiger partial charge in [0.25, 0.3) is 0 Å². The fourth-order valence-electron chi connectivity index (χ4n) is 2.82. The van der Waals surface area contributed by atoms with Crippen LogP contribution in [-0.2, 0) is 13.6 Å². The topological polar surface area (TPSA) is 41.3 Å². The van der Waals surface area contributed by atoms with Gasteiger partial charge in [-0.3, -0.25) is 4.90 Å². The Hall–Kier alpha value is -0.870. The molecule has 1 saturated heterocycles. The molecule has 0 bridgehead atoms. The molecular weight excluding hydrogens is 226 g/mol. The summed E-state index contributed by atoms with van der Waals surface area (Å²) < 4.78 is 2.18. The molecule has 1 fully saturated rings. The average molecular weight is 251 g/mol. The number of aromatic nitrogens is 2. The fourth-order valence-corrected chi connectivity index (χ4v) is 2.82. The number of nitrogens with zero attached hydrogens (tertiary/aromatic N) is 3. The zero-order valence-electron chi connectivity index (χ0n) is 12.0. The zero-order valence-corrected chi connectivity index (χ0v) is 12.0. The highest BCUT2D eigenvalue weighted by molar-refractivity contribution is 5.13. The normalized spacial score (nSPS) is 25.6. The van der Waals surface area contributed by atoms with Crippen molar-refractivity contribution in [3.63, 3.8) is 0 Å². The van der Waals surface area contributed by atoms with Crippen LogP contribution < -0.4 is 0 Å². The van der Waals surface area contributed by atoms with Gasteiger partial charge in [0.05, 0.1) is 12.2 Å². The van der Waals surface area contributed by atoms with Crippen LogP contribution in [0.3, 0.4) is 0 Å². The van der Waals surface area contributed by atoms with Crippen LogP contribution in [0.1, 0.15) is 37.0 Å². The average Bonchev–Trinajstić information content (AvgIpc) is 2.57. The van der Waals surface area contributed by atoms with Gasteiger partial charge in [-0.2, -0.15) is 0 Å². The van der Waals surface area contributed by atoms with Crippen molar-refractivity contribution in [2.24, 2.45) is 12.5 Å². The predicted octanol–water partition coefficient (Wildman–Crippen LogP) is 1.63. The molecule has 0 saturated carbocycles. The van der Waals surface area contributed by atoms with Gasteiger partial charge in [-0.25, -0.2) is 4.98 Å². The summed E-state index contributed by atoms with van der Waals surface area (Å²) in [7, 11) is 2.08. The number of piperidine rings is 1. The van der Waals surface area contributed by atoms with E-state index in [1.807, 2.05) is 0 Å². The van der Waals surface area contributed by atoms with E-state index in [9.17, 15) is 5.11 Å². The minimum atomic E-state index is 0.0630. The molecule has 0 spiro atoms. The number of aryl methyl sites for hydroxylation is 1. The van der Waals surface area contributed by atoms with Gasteiger partial charge in [0.15, 0.2) is 0 Å². The largest absolute Gasteiger partial charge is 0.396 e. The van der Waals surface area contributed by atoms with Gasteiger partial charge in [-0.1, -0.05) is 6.92 Å². The second-order valence-electron chi connectivity index (χ2n) is 6.04. The number of hydrogen-bond acceptors (Lipinski definition) is 3. The Morgan fingerprint density at radius 3 is 2.67 bits per heavy atom. The van der Waals surface area contributed by atoms with E-state index in [0.717, 1.165) is 37.6 Å². The lowest BCUT2D eigenvalue weighted by Gasteiger charge is -2.39. The Balaban J connectivity index is 2.07. The number of aliphatic hydroxyl groups excluding tert-OH is 1. The maximum absolute atomic E-state index is 9.49. The molecule has 1 N–H and O–H groups in total. The third kappa shape index (κ3) is 2.59. The molecular formula is C14H25N3O. The van der Waals surface area contributed by atoms with Gasteiger partial charge >= 0.3 is 0 Å². The van der Waals surface area contributed by atoms with Crippen molar-refractivity contribution in [1.29, 1.82) is 0 Å². The molecule has 1 atom stereocenters. The highest BCUT2D eigenvalue weighted by Crippen LogP contribution is 2.29. The van der Waals surface area contributed by atoms with Crippen molar-refractivity contribution in [2.75, 3.05) is 19.7 Å². The molecule has 0 radical (unpaired) electrons. The zero-order chi connectivity index (χ0) is 13.3. The van der Waals surface area contributed by atoms with Crippen molar-refractivity contribution < 1.29 is 5.11 Å². The third-order valence-electron chi connectivity index (χ3n) is 4.32. The van der Waals surface area contributed by atoms with E-state index in [1.165, 1.54) is 12.1 Å². The molecule has 1 aromatic rings. The molecule has 0 aliphatic carbocycles. The standard InChI is InChI=1S/C14H25N3O/c1-11-12(2)16(4)13(15-11)8-17-7-5-6-14(3,9-17)10-18/h18H,5-10H2,1-4H3/t14-/m0/s1. The molecule has 2 rings (SSSR count). The Morgan fingerprint density at radius 2 is 2.11 bits per heavy atom. The summed E-state index contributed by atoms with van der Waals surface area (Å²) in [5, 5.41) is 9.49. The summed E-state index contributed by atoms with van der Waals surface area (Å²) in [5.74, 6) is 1.13. The number of rotatable bonds is 3. The quantitative estimate of drug-likeness (QED) is 0.888. The predicted molar refractivity (Wildman–Crippen MR) is 72.4 cm³/mol.